The fourth-order valence-corrected chi connectivity index (χ4v) is 3.02. The standard InChI is InChI=1S/C22H31NO8/c24-18(17-30-19-8-4-2-1-3-5-9-19)7-6-13-28-15-16-29-14-12-22(27)31-23-20(25)10-11-21(23)26/h19H,1-4,6-8,10-17H2. The monoisotopic (exact) mass is 437 g/mol. The third-order valence-corrected chi connectivity index (χ3v) is 4.74. The molecule has 1 heterocycles. The summed E-state index contributed by atoms with van der Waals surface area (Å²) in [6.45, 7) is 1.23. The smallest absolute Gasteiger partial charge is 0.335 e. The molecule has 0 spiro atoms. The zero-order valence-corrected chi connectivity index (χ0v) is 17.9. The van der Waals surface area contributed by atoms with Crippen molar-refractivity contribution in [3.05, 3.63) is 0 Å². The van der Waals surface area contributed by atoms with Gasteiger partial charge in [0.05, 0.1) is 26.2 Å². The lowest BCUT2D eigenvalue weighted by molar-refractivity contribution is -0.198. The molecule has 1 saturated heterocycles. The predicted molar refractivity (Wildman–Crippen MR) is 108 cm³/mol. The van der Waals surface area contributed by atoms with Crippen molar-refractivity contribution < 1.29 is 38.2 Å². The Morgan fingerprint density at radius 3 is 2.45 bits per heavy atom. The van der Waals surface area contributed by atoms with Crippen LogP contribution in [0.25, 0.3) is 0 Å². The number of carbonyl (C=O) groups excluding carboxylic acids is 4. The average Bonchev–Trinajstić information content (AvgIpc) is 3.03. The average molecular weight is 437 g/mol. The van der Waals surface area contributed by atoms with Gasteiger partial charge < -0.3 is 19.0 Å². The summed E-state index contributed by atoms with van der Waals surface area (Å²) in [6, 6.07) is 0. The minimum atomic E-state index is -0.698. The first-order valence-corrected chi connectivity index (χ1v) is 10.9. The van der Waals surface area contributed by atoms with Gasteiger partial charge in [0.25, 0.3) is 11.8 Å². The van der Waals surface area contributed by atoms with Crippen LogP contribution in [0.1, 0.15) is 64.2 Å². The molecular formula is C22H31NO8. The van der Waals surface area contributed by atoms with Crippen molar-refractivity contribution >= 4 is 23.6 Å². The fourth-order valence-electron chi connectivity index (χ4n) is 3.02. The number of ether oxygens (including phenoxy) is 3. The second kappa shape index (κ2) is 14.7. The Morgan fingerprint density at radius 2 is 1.68 bits per heavy atom. The van der Waals surface area contributed by atoms with Crippen molar-refractivity contribution in [3.8, 4) is 11.8 Å². The quantitative estimate of drug-likeness (QED) is 0.230. The summed E-state index contributed by atoms with van der Waals surface area (Å²) in [7, 11) is 0. The largest absolute Gasteiger partial charge is 0.379 e. The molecule has 9 nitrogen and oxygen atoms in total. The number of hydrogen-bond donors (Lipinski definition) is 0. The first kappa shape index (κ1) is 25.0. The molecule has 0 saturated carbocycles. The van der Waals surface area contributed by atoms with Crippen LogP contribution in [0.4, 0.5) is 0 Å². The molecule has 1 unspecified atom stereocenters. The number of ketones is 1. The van der Waals surface area contributed by atoms with E-state index in [4.69, 9.17) is 19.0 Å². The van der Waals surface area contributed by atoms with Gasteiger partial charge >= 0.3 is 5.97 Å². The molecule has 1 aliphatic carbocycles. The Kier molecular flexibility index (Phi) is 11.8. The molecule has 2 rings (SSSR count). The normalized spacial score (nSPS) is 18.8. The van der Waals surface area contributed by atoms with Crippen LogP contribution in [-0.4, -0.2) is 67.8 Å². The Morgan fingerprint density at radius 1 is 0.935 bits per heavy atom. The molecule has 31 heavy (non-hydrogen) atoms. The van der Waals surface area contributed by atoms with Gasteiger partial charge in [-0.15, -0.1) is 11.0 Å². The van der Waals surface area contributed by atoms with Gasteiger partial charge in [-0.1, -0.05) is 12.3 Å². The molecule has 2 amide bonds. The Labute approximate surface area is 182 Å². The summed E-state index contributed by atoms with van der Waals surface area (Å²) in [4.78, 5) is 50.9. The second-order valence-electron chi connectivity index (χ2n) is 7.38. The minimum Gasteiger partial charge on any atom is -0.379 e. The summed E-state index contributed by atoms with van der Waals surface area (Å²) in [5, 5.41) is 0.517. The number of hydroxylamine groups is 2. The third-order valence-electron chi connectivity index (χ3n) is 4.74. The van der Waals surface area contributed by atoms with Crippen molar-refractivity contribution in [2.24, 2.45) is 0 Å². The van der Waals surface area contributed by atoms with Crippen molar-refractivity contribution in [3.63, 3.8) is 0 Å². The van der Waals surface area contributed by atoms with Gasteiger partial charge in [-0.25, -0.2) is 4.79 Å². The maximum absolute atomic E-state index is 11.9. The van der Waals surface area contributed by atoms with Crippen LogP contribution in [0.5, 0.6) is 0 Å². The molecule has 1 aliphatic heterocycles. The van der Waals surface area contributed by atoms with E-state index in [9.17, 15) is 19.2 Å². The molecule has 0 bridgehead atoms. The highest BCUT2D eigenvalue weighted by molar-refractivity contribution is 6.01. The van der Waals surface area contributed by atoms with E-state index in [2.05, 4.69) is 11.8 Å². The molecule has 0 aromatic carbocycles. The topological polar surface area (TPSA) is 108 Å². The molecule has 9 heteroatoms. The van der Waals surface area contributed by atoms with Crippen molar-refractivity contribution in [2.45, 2.75) is 70.3 Å². The van der Waals surface area contributed by atoms with Crippen LogP contribution in [0, 0.1) is 11.8 Å². The molecule has 2 aliphatic rings. The van der Waals surface area contributed by atoms with Gasteiger partial charge in [0.15, 0.2) is 5.78 Å². The van der Waals surface area contributed by atoms with E-state index in [1.165, 1.54) is 0 Å². The molecule has 1 atom stereocenters. The van der Waals surface area contributed by atoms with Gasteiger partial charge in [0.1, 0.15) is 12.7 Å². The van der Waals surface area contributed by atoms with Crippen LogP contribution < -0.4 is 0 Å². The molecule has 0 N–H and O–H groups in total. The van der Waals surface area contributed by atoms with E-state index >= 15 is 0 Å². The number of imide groups is 1. The van der Waals surface area contributed by atoms with Crippen molar-refractivity contribution in [2.75, 3.05) is 33.0 Å². The highest BCUT2D eigenvalue weighted by atomic mass is 16.7. The number of carbonyl (C=O) groups is 4. The summed E-state index contributed by atoms with van der Waals surface area (Å²) >= 11 is 0. The first-order valence-electron chi connectivity index (χ1n) is 10.9. The lowest BCUT2D eigenvalue weighted by Crippen LogP contribution is -2.32. The number of hydrogen-bond acceptors (Lipinski definition) is 8. The van der Waals surface area contributed by atoms with Gasteiger partial charge in [-0.05, 0) is 25.7 Å². The molecule has 0 aromatic heterocycles. The second-order valence-corrected chi connectivity index (χ2v) is 7.38. The lowest BCUT2D eigenvalue weighted by atomic mass is 10.1. The highest BCUT2D eigenvalue weighted by Crippen LogP contribution is 2.13. The van der Waals surface area contributed by atoms with Gasteiger partial charge in [-0.2, -0.15) is 0 Å². The van der Waals surface area contributed by atoms with Gasteiger partial charge in [0.2, 0.25) is 0 Å². The fraction of sp³-hybridized carbons (Fsp3) is 0.727. The van der Waals surface area contributed by atoms with Crippen LogP contribution in [0.3, 0.4) is 0 Å². The third kappa shape index (κ3) is 10.5. The number of Topliss-reactive ketones (excluding diaryl/α,β-unsaturated/α-hetero) is 1. The number of rotatable bonds is 14. The molecule has 0 radical (unpaired) electrons. The Balaban J connectivity index is 1.39. The molecule has 1 fully saturated rings. The Hall–Kier alpha value is -2.28. The van der Waals surface area contributed by atoms with Crippen LogP contribution >= 0.6 is 0 Å². The van der Waals surface area contributed by atoms with Crippen LogP contribution in [-0.2, 0) is 38.2 Å². The molecule has 172 valence electrons. The van der Waals surface area contributed by atoms with E-state index in [-0.39, 0.29) is 51.0 Å². The Bertz CT molecular complexity index is 665. The van der Waals surface area contributed by atoms with E-state index < -0.39 is 17.8 Å². The highest BCUT2D eigenvalue weighted by Gasteiger charge is 2.32. The molecular weight excluding hydrogens is 406 g/mol. The van der Waals surface area contributed by atoms with E-state index in [1.807, 2.05) is 0 Å². The zero-order chi connectivity index (χ0) is 22.3. The van der Waals surface area contributed by atoms with E-state index in [0.717, 1.165) is 32.1 Å². The number of nitrogens with zero attached hydrogens (tertiary/aromatic N) is 1. The first-order chi connectivity index (χ1) is 15.1. The van der Waals surface area contributed by atoms with E-state index in [1.54, 1.807) is 0 Å². The maximum Gasteiger partial charge on any atom is 0.335 e. The molecule has 0 aromatic rings. The summed E-state index contributed by atoms with van der Waals surface area (Å²) in [5.41, 5.74) is 0. The lowest BCUT2D eigenvalue weighted by Gasteiger charge is -2.13. The van der Waals surface area contributed by atoms with Gasteiger partial charge in [-0.3, -0.25) is 14.4 Å². The zero-order valence-electron chi connectivity index (χ0n) is 17.9. The summed E-state index contributed by atoms with van der Waals surface area (Å²) < 4.78 is 16.3. The summed E-state index contributed by atoms with van der Waals surface area (Å²) in [5.74, 6) is 4.50. The SMILES string of the molecule is O=C(CCCOCCOCCC(=O)ON1C(=O)CCC1=O)COC1C#CCCCCC1. The van der Waals surface area contributed by atoms with Crippen LogP contribution in [0.15, 0.2) is 0 Å². The van der Waals surface area contributed by atoms with Crippen molar-refractivity contribution in [1.29, 1.82) is 0 Å². The predicted octanol–water partition coefficient (Wildman–Crippen LogP) is 1.72. The van der Waals surface area contributed by atoms with Crippen molar-refractivity contribution in [1.82, 2.24) is 5.06 Å². The van der Waals surface area contributed by atoms with E-state index in [0.29, 0.717) is 31.1 Å². The summed E-state index contributed by atoms with van der Waals surface area (Å²) in [6.07, 6.45) is 6.08. The number of amides is 2. The maximum atomic E-state index is 11.9. The van der Waals surface area contributed by atoms with Gasteiger partial charge in [0, 0.05) is 32.3 Å². The minimum absolute atomic E-state index is 0.0391. The van der Waals surface area contributed by atoms with Crippen LogP contribution in [0.2, 0.25) is 0 Å².